The van der Waals surface area contributed by atoms with Crippen LogP contribution < -0.4 is 25.7 Å². The molecule has 7 heteroatoms. The van der Waals surface area contributed by atoms with Gasteiger partial charge in [0.2, 0.25) is 0 Å². The Morgan fingerprint density at radius 2 is 1.47 bits per heavy atom. The number of hydrogen-bond donors (Lipinski definition) is 2. The summed E-state index contributed by atoms with van der Waals surface area (Å²) in [6.45, 7) is 15.4. The van der Waals surface area contributed by atoms with Crippen molar-refractivity contribution in [3.05, 3.63) is 106 Å². The lowest BCUT2D eigenvalue weighted by Gasteiger charge is -2.22. The van der Waals surface area contributed by atoms with Crippen molar-refractivity contribution in [1.29, 1.82) is 0 Å². The van der Waals surface area contributed by atoms with E-state index < -0.39 is 6.03 Å². The number of anilines is 2. The molecule has 45 heavy (non-hydrogen) atoms. The first-order chi connectivity index (χ1) is 21.6. The summed E-state index contributed by atoms with van der Waals surface area (Å²) >= 11 is 0. The van der Waals surface area contributed by atoms with Gasteiger partial charge in [0.1, 0.15) is 23.8 Å². The average Bonchev–Trinajstić information content (AvgIpc) is 3.01. The Bertz CT molecular complexity index is 1610. The Morgan fingerprint density at radius 3 is 2.09 bits per heavy atom. The number of carbonyl (C=O) groups excluding carboxylic acids is 1. The number of rotatable bonds is 13. The van der Waals surface area contributed by atoms with Crippen molar-refractivity contribution in [2.24, 2.45) is 0 Å². The summed E-state index contributed by atoms with van der Waals surface area (Å²) < 4.78 is 14.0. The van der Waals surface area contributed by atoms with Crippen LogP contribution >= 0.6 is 0 Å². The topological polar surface area (TPSA) is 81.6 Å². The van der Waals surface area contributed by atoms with Gasteiger partial charge in [-0.2, -0.15) is 0 Å². The quantitative estimate of drug-likeness (QED) is 0.158. The van der Waals surface area contributed by atoms with Crippen molar-refractivity contribution in [3.63, 3.8) is 0 Å². The fourth-order valence-corrected chi connectivity index (χ4v) is 5.29. The molecule has 1 aromatic heterocycles. The van der Waals surface area contributed by atoms with E-state index in [1.165, 1.54) is 0 Å². The third kappa shape index (κ3) is 8.56. The number of carbonyl (C=O) groups is 1. The zero-order chi connectivity index (χ0) is 32.5. The molecule has 1 heterocycles. The van der Waals surface area contributed by atoms with Crippen LogP contribution in [0.4, 0.5) is 16.2 Å². The van der Waals surface area contributed by atoms with Gasteiger partial charge in [0.25, 0.3) is 5.56 Å². The Hall–Kier alpha value is -4.52. The number of ether oxygens (including phenoxy) is 2. The normalized spacial score (nSPS) is 11.2. The molecule has 4 aromatic rings. The maximum atomic E-state index is 13.9. The van der Waals surface area contributed by atoms with E-state index in [1.807, 2.05) is 86.6 Å². The number of pyridine rings is 1. The molecule has 238 valence electrons. The van der Waals surface area contributed by atoms with Gasteiger partial charge >= 0.3 is 6.03 Å². The van der Waals surface area contributed by atoms with Crippen LogP contribution in [0.25, 0.3) is 11.1 Å². The van der Waals surface area contributed by atoms with Gasteiger partial charge in [-0.05, 0) is 67.0 Å². The predicted octanol–water partition coefficient (Wildman–Crippen LogP) is 9.57. The van der Waals surface area contributed by atoms with Crippen molar-refractivity contribution >= 4 is 17.4 Å². The molecule has 0 spiro atoms. The number of nitrogens with zero attached hydrogens (tertiary/aromatic N) is 1. The highest BCUT2D eigenvalue weighted by Gasteiger charge is 2.21. The lowest BCUT2D eigenvalue weighted by Crippen LogP contribution is -2.29. The number of unbranched alkanes of at least 4 members (excludes halogenated alkanes) is 1. The van der Waals surface area contributed by atoms with Gasteiger partial charge in [-0.1, -0.05) is 89.6 Å². The number of aromatic nitrogens is 1. The average molecular weight is 610 g/mol. The van der Waals surface area contributed by atoms with Gasteiger partial charge < -0.3 is 24.7 Å². The number of para-hydroxylation sites is 1. The second-order valence-corrected chi connectivity index (χ2v) is 12.3. The number of hydrogen-bond acceptors (Lipinski definition) is 4. The molecule has 4 rings (SSSR count). The van der Waals surface area contributed by atoms with Crippen molar-refractivity contribution in [3.8, 4) is 22.6 Å². The number of nitrogens with one attached hydrogen (secondary N) is 2. The van der Waals surface area contributed by atoms with E-state index >= 15 is 0 Å². The molecule has 0 atom stereocenters. The van der Waals surface area contributed by atoms with E-state index in [4.69, 9.17) is 9.47 Å². The summed E-state index contributed by atoms with van der Waals surface area (Å²) in [6, 6.07) is 23.1. The Morgan fingerprint density at radius 1 is 0.800 bits per heavy atom. The molecule has 3 aromatic carbocycles. The molecular weight excluding hydrogens is 562 g/mol. The van der Waals surface area contributed by atoms with Gasteiger partial charge in [-0.3, -0.25) is 4.79 Å². The molecular formula is C38H47N3O4. The zero-order valence-corrected chi connectivity index (χ0v) is 27.6. The number of amides is 2. The maximum absolute atomic E-state index is 13.9. The highest BCUT2D eigenvalue weighted by atomic mass is 16.5. The minimum Gasteiger partial charge on any atom is -0.490 e. The highest BCUT2D eigenvalue weighted by molar-refractivity contribution is 6.03. The summed E-state index contributed by atoms with van der Waals surface area (Å²) in [7, 11) is 0. The first kappa shape index (κ1) is 33.4. The molecule has 2 N–H and O–H groups in total. The molecule has 2 amide bonds. The van der Waals surface area contributed by atoms with Crippen molar-refractivity contribution < 1.29 is 14.3 Å². The van der Waals surface area contributed by atoms with E-state index in [1.54, 1.807) is 10.8 Å². The Kier molecular flexibility index (Phi) is 11.5. The Balaban J connectivity index is 1.75. The van der Waals surface area contributed by atoms with E-state index in [2.05, 4.69) is 45.3 Å². The zero-order valence-electron chi connectivity index (χ0n) is 27.6. The van der Waals surface area contributed by atoms with Gasteiger partial charge in [0.15, 0.2) is 0 Å². The van der Waals surface area contributed by atoms with Crippen molar-refractivity contribution in [2.75, 3.05) is 10.6 Å². The van der Waals surface area contributed by atoms with Gasteiger partial charge in [-0.25, -0.2) is 4.79 Å². The van der Waals surface area contributed by atoms with Crippen LogP contribution in [0, 0.1) is 0 Å². The molecule has 7 nitrogen and oxygen atoms in total. The lowest BCUT2D eigenvalue weighted by molar-refractivity contribution is 0.240. The standard InChI is InChI=1S/C38H47N3O4/c1-8-9-21-41-22-20-33(32-19-18-29(23-34(32)45-27(6)7)44-24-28-14-11-10-12-15-28)36(37(41)42)40-38(43)39-35-30(25(2)3)16-13-17-31(35)26(4)5/h10-20,22-23,25-27H,8-9,21,24H2,1-7H3,(H2,39,40,43). The SMILES string of the molecule is CCCCn1ccc(-c2ccc(OCc3ccccc3)cc2OC(C)C)c(NC(=O)Nc2c(C(C)C)cccc2C(C)C)c1=O. The minimum atomic E-state index is -0.467. The summed E-state index contributed by atoms with van der Waals surface area (Å²) in [5.74, 6) is 1.62. The second kappa shape index (κ2) is 15.5. The molecule has 0 saturated heterocycles. The van der Waals surface area contributed by atoms with Crippen LogP contribution in [0.1, 0.15) is 89.8 Å². The van der Waals surface area contributed by atoms with E-state index in [0.717, 1.165) is 35.2 Å². The molecule has 0 aliphatic heterocycles. The lowest BCUT2D eigenvalue weighted by atomic mass is 9.93. The molecule has 0 aliphatic carbocycles. The molecule has 0 unspecified atom stereocenters. The van der Waals surface area contributed by atoms with E-state index in [0.29, 0.717) is 35.8 Å². The molecule has 0 saturated carbocycles. The Labute approximate surface area is 267 Å². The van der Waals surface area contributed by atoms with Gasteiger partial charge in [0.05, 0.1) is 6.10 Å². The smallest absolute Gasteiger partial charge is 0.323 e. The summed E-state index contributed by atoms with van der Waals surface area (Å²) in [6.07, 6.45) is 3.46. The summed E-state index contributed by atoms with van der Waals surface area (Å²) in [5.41, 5.74) is 5.13. The monoisotopic (exact) mass is 609 g/mol. The van der Waals surface area contributed by atoms with Gasteiger partial charge in [0, 0.05) is 35.6 Å². The minimum absolute atomic E-state index is 0.125. The predicted molar refractivity (Wildman–Crippen MR) is 185 cm³/mol. The highest BCUT2D eigenvalue weighted by Crippen LogP contribution is 2.38. The van der Waals surface area contributed by atoms with Crippen molar-refractivity contribution in [1.82, 2.24) is 4.57 Å². The van der Waals surface area contributed by atoms with Crippen LogP contribution in [0.15, 0.2) is 83.8 Å². The van der Waals surface area contributed by atoms with Crippen LogP contribution in [-0.4, -0.2) is 16.7 Å². The number of benzene rings is 3. The summed E-state index contributed by atoms with van der Waals surface area (Å²) in [4.78, 5) is 27.6. The largest absolute Gasteiger partial charge is 0.490 e. The fraction of sp³-hybridized carbons (Fsp3) is 0.368. The first-order valence-electron chi connectivity index (χ1n) is 16.0. The first-order valence-corrected chi connectivity index (χ1v) is 16.0. The van der Waals surface area contributed by atoms with E-state index in [9.17, 15) is 9.59 Å². The van der Waals surface area contributed by atoms with E-state index in [-0.39, 0.29) is 29.2 Å². The van der Waals surface area contributed by atoms with Crippen LogP contribution in [-0.2, 0) is 13.2 Å². The van der Waals surface area contributed by atoms with Crippen LogP contribution in [0.3, 0.4) is 0 Å². The second-order valence-electron chi connectivity index (χ2n) is 12.3. The van der Waals surface area contributed by atoms with Gasteiger partial charge in [-0.15, -0.1) is 0 Å². The third-order valence-electron chi connectivity index (χ3n) is 7.62. The molecule has 0 bridgehead atoms. The molecule has 0 fully saturated rings. The van der Waals surface area contributed by atoms with Crippen LogP contribution in [0.5, 0.6) is 11.5 Å². The number of urea groups is 1. The summed E-state index contributed by atoms with van der Waals surface area (Å²) in [5, 5.41) is 6.04. The fourth-order valence-electron chi connectivity index (χ4n) is 5.29. The molecule has 0 aliphatic rings. The maximum Gasteiger partial charge on any atom is 0.323 e. The number of aryl methyl sites for hydroxylation is 1. The third-order valence-corrected chi connectivity index (χ3v) is 7.62. The van der Waals surface area contributed by atoms with Crippen molar-refractivity contribution in [2.45, 2.75) is 92.4 Å². The molecule has 0 radical (unpaired) electrons. The van der Waals surface area contributed by atoms with Crippen LogP contribution in [0.2, 0.25) is 0 Å².